The van der Waals surface area contributed by atoms with Gasteiger partial charge in [-0.3, -0.25) is 4.90 Å². The summed E-state index contributed by atoms with van der Waals surface area (Å²) in [6.07, 6.45) is 5.01. The van der Waals surface area contributed by atoms with Crippen molar-refractivity contribution in [2.45, 2.75) is 70.6 Å². The number of ether oxygens (including phenoxy) is 1. The van der Waals surface area contributed by atoms with Crippen molar-refractivity contribution in [2.75, 3.05) is 13.2 Å². The van der Waals surface area contributed by atoms with Gasteiger partial charge in [-0.2, -0.15) is 0 Å². The zero-order valence-corrected chi connectivity index (χ0v) is 10.7. The predicted molar refractivity (Wildman–Crippen MR) is 63.1 cm³/mol. The topological polar surface area (TPSA) is 12.5 Å². The van der Waals surface area contributed by atoms with Crippen LogP contribution in [0.3, 0.4) is 0 Å². The van der Waals surface area contributed by atoms with Gasteiger partial charge in [0.25, 0.3) is 0 Å². The SMILES string of the molecule is C[C@@H]1C[C@]2(CCCO2)CCN1C(C)(C)C. The Kier molecular flexibility index (Phi) is 2.85. The van der Waals surface area contributed by atoms with Crippen LogP contribution >= 0.6 is 0 Å². The van der Waals surface area contributed by atoms with Crippen molar-refractivity contribution in [2.24, 2.45) is 0 Å². The highest BCUT2D eigenvalue weighted by molar-refractivity contribution is 4.97. The minimum Gasteiger partial charge on any atom is -0.375 e. The molecule has 2 saturated heterocycles. The van der Waals surface area contributed by atoms with Crippen LogP contribution in [0.2, 0.25) is 0 Å². The molecule has 2 heteroatoms. The molecule has 0 aliphatic carbocycles. The molecule has 0 bridgehead atoms. The van der Waals surface area contributed by atoms with Gasteiger partial charge in [0.15, 0.2) is 0 Å². The molecule has 0 saturated carbocycles. The Morgan fingerprint density at radius 1 is 1.27 bits per heavy atom. The quantitative estimate of drug-likeness (QED) is 0.611. The Balaban J connectivity index is 2.02. The van der Waals surface area contributed by atoms with E-state index in [2.05, 4.69) is 32.6 Å². The number of rotatable bonds is 0. The van der Waals surface area contributed by atoms with Crippen LogP contribution in [0.4, 0.5) is 0 Å². The molecule has 15 heavy (non-hydrogen) atoms. The van der Waals surface area contributed by atoms with Crippen molar-refractivity contribution < 1.29 is 4.74 Å². The second-order valence-corrected chi connectivity index (χ2v) is 6.30. The lowest BCUT2D eigenvalue weighted by Crippen LogP contribution is -2.55. The maximum atomic E-state index is 5.99. The molecule has 2 heterocycles. The lowest BCUT2D eigenvalue weighted by atomic mass is 9.82. The number of hydrogen-bond donors (Lipinski definition) is 0. The highest BCUT2D eigenvalue weighted by atomic mass is 16.5. The standard InChI is InChI=1S/C13H25NO/c1-11-10-13(6-5-9-15-13)7-8-14(11)12(2,3)4/h11H,5-10H2,1-4H3/t11-,13+/m1/s1. The van der Waals surface area contributed by atoms with Crippen molar-refractivity contribution in [3.63, 3.8) is 0 Å². The van der Waals surface area contributed by atoms with E-state index in [9.17, 15) is 0 Å². The Hall–Kier alpha value is -0.0800. The van der Waals surface area contributed by atoms with E-state index in [4.69, 9.17) is 4.74 Å². The Morgan fingerprint density at radius 3 is 2.47 bits per heavy atom. The summed E-state index contributed by atoms with van der Waals surface area (Å²) in [7, 11) is 0. The van der Waals surface area contributed by atoms with Crippen LogP contribution in [0.5, 0.6) is 0 Å². The van der Waals surface area contributed by atoms with E-state index in [1.165, 1.54) is 32.2 Å². The van der Waals surface area contributed by atoms with Gasteiger partial charge in [-0.1, -0.05) is 0 Å². The summed E-state index contributed by atoms with van der Waals surface area (Å²) in [5.41, 5.74) is 0.556. The van der Waals surface area contributed by atoms with Gasteiger partial charge in [0.1, 0.15) is 0 Å². The monoisotopic (exact) mass is 211 g/mol. The molecule has 0 aromatic carbocycles. The van der Waals surface area contributed by atoms with Crippen LogP contribution in [0, 0.1) is 0 Å². The van der Waals surface area contributed by atoms with Crippen molar-refractivity contribution >= 4 is 0 Å². The van der Waals surface area contributed by atoms with Gasteiger partial charge in [-0.15, -0.1) is 0 Å². The summed E-state index contributed by atoms with van der Waals surface area (Å²) in [5.74, 6) is 0. The van der Waals surface area contributed by atoms with Crippen molar-refractivity contribution in [1.29, 1.82) is 0 Å². The largest absolute Gasteiger partial charge is 0.375 e. The molecular formula is C13H25NO. The third-order valence-electron chi connectivity index (χ3n) is 4.05. The maximum absolute atomic E-state index is 5.99. The summed E-state index contributed by atoms with van der Waals surface area (Å²) in [5, 5.41) is 0. The van der Waals surface area contributed by atoms with Crippen molar-refractivity contribution in [3.8, 4) is 0 Å². The summed E-state index contributed by atoms with van der Waals surface area (Å²) in [6, 6.07) is 0.664. The normalized spacial score (nSPS) is 38.8. The molecule has 2 aliphatic heterocycles. The fraction of sp³-hybridized carbons (Fsp3) is 1.00. The molecule has 2 aliphatic rings. The summed E-state index contributed by atoms with van der Waals surface area (Å²) in [4.78, 5) is 2.62. The summed E-state index contributed by atoms with van der Waals surface area (Å²) < 4.78 is 5.99. The van der Waals surface area contributed by atoms with Crippen molar-refractivity contribution in [3.05, 3.63) is 0 Å². The molecule has 88 valence electrons. The first-order chi connectivity index (χ1) is 6.93. The molecule has 0 amide bonds. The first-order valence-electron chi connectivity index (χ1n) is 6.34. The van der Waals surface area contributed by atoms with Gasteiger partial charge in [0.05, 0.1) is 5.60 Å². The molecule has 0 aromatic heterocycles. The molecule has 1 spiro atoms. The van der Waals surface area contributed by atoms with E-state index >= 15 is 0 Å². The zero-order chi connectivity index (χ0) is 11.1. The molecular weight excluding hydrogens is 186 g/mol. The number of hydrogen-bond acceptors (Lipinski definition) is 2. The fourth-order valence-corrected chi connectivity index (χ4v) is 3.41. The number of piperidine rings is 1. The van der Waals surface area contributed by atoms with Gasteiger partial charge in [-0.05, 0) is 53.4 Å². The predicted octanol–water partition coefficient (Wildman–Crippen LogP) is 2.82. The van der Waals surface area contributed by atoms with E-state index in [-0.39, 0.29) is 5.60 Å². The lowest BCUT2D eigenvalue weighted by Gasteiger charge is -2.49. The van der Waals surface area contributed by atoms with Gasteiger partial charge in [0.2, 0.25) is 0 Å². The second kappa shape index (κ2) is 3.74. The molecule has 0 N–H and O–H groups in total. The Morgan fingerprint density at radius 2 is 2.00 bits per heavy atom. The highest BCUT2D eigenvalue weighted by Gasteiger charge is 2.43. The van der Waals surface area contributed by atoms with E-state index < -0.39 is 0 Å². The van der Waals surface area contributed by atoms with E-state index in [0.29, 0.717) is 11.6 Å². The zero-order valence-electron chi connectivity index (χ0n) is 10.7. The number of likely N-dealkylation sites (tertiary alicyclic amines) is 1. The molecule has 2 fully saturated rings. The van der Waals surface area contributed by atoms with Crippen LogP contribution in [-0.4, -0.2) is 35.2 Å². The van der Waals surface area contributed by atoms with Crippen LogP contribution in [0.1, 0.15) is 53.4 Å². The Labute approximate surface area is 94.0 Å². The Bertz CT molecular complexity index is 225. The summed E-state index contributed by atoms with van der Waals surface area (Å²) >= 11 is 0. The van der Waals surface area contributed by atoms with Gasteiger partial charge in [0, 0.05) is 24.7 Å². The van der Waals surface area contributed by atoms with Crippen LogP contribution < -0.4 is 0 Å². The van der Waals surface area contributed by atoms with Crippen LogP contribution in [-0.2, 0) is 4.74 Å². The van der Waals surface area contributed by atoms with Crippen molar-refractivity contribution in [1.82, 2.24) is 4.90 Å². The van der Waals surface area contributed by atoms with Gasteiger partial charge in [-0.25, -0.2) is 0 Å². The lowest BCUT2D eigenvalue weighted by molar-refractivity contribution is -0.0807. The molecule has 0 radical (unpaired) electrons. The average Bonchev–Trinajstić information content (AvgIpc) is 2.50. The minimum absolute atomic E-state index is 0.251. The van der Waals surface area contributed by atoms with E-state index in [0.717, 1.165) is 6.61 Å². The maximum Gasteiger partial charge on any atom is 0.0710 e. The van der Waals surface area contributed by atoms with E-state index in [1.54, 1.807) is 0 Å². The highest BCUT2D eigenvalue weighted by Crippen LogP contribution is 2.40. The first kappa shape index (κ1) is 11.4. The molecule has 0 aromatic rings. The fourth-order valence-electron chi connectivity index (χ4n) is 3.41. The third-order valence-corrected chi connectivity index (χ3v) is 4.05. The molecule has 2 atom stereocenters. The smallest absolute Gasteiger partial charge is 0.0710 e. The van der Waals surface area contributed by atoms with Crippen LogP contribution in [0.15, 0.2) is 0 Å². The average molecular weight is 211 g/mol. The molecule has 2 rings (SSSR count). The summed E-state index contributed by atoms with van der Waals surface area (Å²) in [6.45, 7) is 11.5. The number of nitrogens with zero attached hydrogens (tertiary/aromatic N) is 1. The first-order valence-corrected chi connectivity index (χ1v) is 6.34. The van der Waals surface area contributed by atoms with E-state index in [1.807, 2.05) is 0 Å². The van der Waals surface area contributed by atoms with Crippen LogP contribution in [0.25, 0.3) is 0 Å². The second-order valence-electron chi connectivity index (χ2n) is 6.30. The van der Waals surface area contributed by atoms with Gasteiger partial charge < -0.3 is 4.74 Å². The van der Waals surface area contributed by atoms with Gasteiger partial charge >= 0.3 is 0 Å². The minimum atomic E-state index is 0.251. The third kappa shape index (κ3) is 2.21. The molecule has 2 nitrogen and oxygen atoms in total. The molecule has 0 unspecified atom stereocenters.